The van der Waals surface area contributed by atoms with Crippen molar-refractivity contribution in [2.75, 3.05) is 42.3 Å². The highest BCUT2D eigenvalue weighted by Crippen LogP contribution is 2.34. The predicted octanol–water partition coefficient (Wildman–Crippen LogP) is 8.91. The van der Waals surface area contributed by atoms with Crippen LogP contribution >= 0.6 is 50.9 Å². The molecule has 0 aromatic heterocycles. The van der Waals surface area contributed by atoms with Gasteiger partial charge in [0.05, 0.1) is 33.4 Å². The molecule has 3 aromatic carbocycles. The monoisotopic (exact) mass is 735 g/mol. The van der Waals surface area contributed by atoms with Crippen molar-refractivity contribution in [1.29, 1.82) is 0 Å². The molecule has 1 saturated carbocycles. The lowest BCUT2D eigenvalue weighted by Gasteiger charge is -2.34. The maximum Gasteiger partial charge on any atom is 0.338 e. The van der Waals surface area contributed by atoms with Crippen LogP contribution in [-0.4, -0.2) is 54.1 Å². The Hall–Kier alpha value is -2.43. The highest BCUT2D eigenvalue weighted by atomic mass is 79.9. The molecule has 7 nitrogen and oxygen atoms in total. The molecule has 4 rings (SSSR count). The van der Waals surface area contributed by atoms with Gasteiger partial charge in [-0.2, -0.15) is 11.8 Å². The molecule has 0 saturated heterocycles. The van der Waals surface area contributed by atoms with Gasteiger partial charge < -0.3 is 20.5 Å². The van der Waals surface area contributed by atoms with Crippen molar-refractivity contribution in [3.05, 3.63) is 85.8 Å². The Morgan fingerprint density at radius 3 is 2.38 bits per heavy atom. The van der Waals surface area contributed by atoms with Gasteiger partial charge in [0, 0.05) is 34.3 Å². The minimum Gasteiger partial charge on any atom is -0.465 e. The van der Waals surface area contributed by atoms with E-state index in [1.165, 1.54) is 32.1 Å². The minimum absolute atomic E-state index is 0.101. The SMILES string of the molecule is CCN(Cc1cc(C(=O)OCCSCCOC(=O)Cc2ccccc2Nc2c(Cl)cccc2Cl)cc(Br)c1N)C1CCCCC1. The number of ether oxygens (including phenoxy) is 2. The van der Waals surface area contributed by atoms with Crippen LogP contribution in [0.2, 0.25) is 10.0 Å². The first-order valence-electron chi connectivity index (χ1n) is 15.3. The van der Waals surface area contributed by atoms with E-state index in [0.717, 1.165) is 23.4 Å². The summed E-state index contributed by atoms with van der Waals surface area (Å²) < 4.78 is 11.7. The molecule has 0 bridgehead atoms. The molecular formula is C34H40BrCl2N3O4S. The van der Waals surface area contributed by atoms with E-state index >= 15 is 0 Å². The van der Waals surface area contributed by atoms with Gasteiger partial charge in [-0.3, -0.25) is 9.69 Å². The first kappa shape index (κ1) is 35.4. The number of rotatable bonds is 15. The van der Waals surface area contributed by atoms with Gasteiger partial charge >= 0.3 is 11.9 Å². The van der Waals surface area contributed by atoms with Gasteiger partial charge in [-0.1, -0.05) is 73.7 Å². The van der Waals surface area contributed by atoms with Crippen molar-refractivity contribution in [2.45, 2.75) is 58.0 Å². The maximum absolute atomic E-state index is 12.9. The van der Waals surface area contributed by atoms with E-state index in [2.05, 4.69) is 33.1 Å². The fourth-order valence-electron chi connectivity index (χ4n) is 5.44. The van der Waals surface area contributed by atoms with Crippen molar-refractivity contribution < 1.29 is 19.1 Å². The number of hydrogen-bond donors (Lipinski definition) is 2. The van der Waals surface area contributed by atoms with Gasteiger partial charge in [-0.25, -0.2) is 4.79 Å². The highest BCUT2D eigenvalue weighted by molar-refractivity contribution is 9.10. The van der Waals surface area contributed by atoms with E-state index in [9.17, 15) is 9.59 Å². The Labute approximate surface area is 288 Å². The molecule has 1 aliphatic rings. The van der Waals surface area contributed by atoms with Crippen LogP contribution in [0.3, 0.4) is 0 Å². The van der Waals surface area contributed by atoms with Crippen molar-refractivity contribution >= 4 is 79.9 Å². The molecule has 0 aliphatic heterocycles. The number of benzene rings is 3. The van der Waals surface area contributed by atoms with Gasteiger partial charge in [-0.05, 0) is 76.8 Å². The molecule has 11 heteroatoms. The van der Waals surface area contributed by atoms with Gasteiger partial charge in [0.1, 0.15) is 13.2 Å². The fourth-order valence-corrected chi connectivity index (χ4v) is 7.04. The first-order chi connectivity index (χ1) is 21.8. The van der Waals surface area contributed by atoms with Crippen LogP contribution in [-0.2, 0) is 27.2 Å². The van der Waals surface area contributed by atoms with Crippen LogP contribution in [0.15, 0.2) is 59.1 Å². The fraction of sp³-hybridized carbons (Fsp3) is 0.412. The average molecular weight is 738 g/mol. The quantitative estimate of drug-likeness (QED) is 0.0908. The smallest absolute Gasteiger partial charge is 0.338 e. The molecule has 1 aliphatic carbocycles. The van der Waals surface area contributed by atoms with Crippen LogP contribution in [0, 0.1) is 0 Å². The summed E-state index contributed by atoms with van der Waals surface area (Å²) in [4.78, 5) is 27.9. The molecule has 45 heavy (non-hydrogen) atoms. The van der Waals surface area contributed by atoms with Crippen molar-refractivity contribution in [2.24, 2.45) is 0 Å². The summed E-state index contributed by atoms with van der Waals surface area (Å²) in [6.07, 6.45) is 6.35. The lowest BCUT2D eigenvalue weighted by atomic mass is 9.93. The summed E-state index contributed by atoms with van der Waals surface area (Å²) in [5.41, 5.74) is 10.6. The third-order valence-electron chi connectivity index (χ3n) is 7.85. The standard InChI is InChI=1S/C34H40BrCl2N3O4S/c1-2-40(26-10-4-3-5-11-26)22-25-19-24(20-27(35)32(25)38)34(42)44-16-18-45-17-15-43-31(41)21-23-9-6-7-14-30(23)39-33-28(36)12-8-13-29(33)37/h6-9,12-14,19-20,26,39H,2-5,10-11,15-18,21-22,38H2,1H3. The average Bonchev–Trinajstić information content (AvgIpc) is 3.04. The van der Waals surface area contributed by atoms with Gasteiger partial charge in [0.15, 0.2) is 0 Å². The third-order valence-corrected chi connectivity index (χ3v) is 10.0. The third kappa shape index (κ3) is 10.5. The van der Waals surface area contributed by atoms with Gasteiger partial charge in [-0.15, -0.1) is 0 Å². The van der Waals surface area contributed by atoms with Crippen molar-refractivity contribution in [3.63, 3.8) is 0 Å². The lowest BCUT2D eigenvalue weighted by Crippen LogP contribution is -2.36. The number of carbonyl (C=O) groups is 2. The maximum atomic E-state index is 12.9. The highest BCUT2D eigenvalue weighted by Gasteiger charge is 2.22. The van der Waals surface area contributed by atoms with Crippen LogP contribution in [0.1, 0.15) is 60.5 Å². The number of halogens is 3. The Morgan fingerprint density at radius 1 is 0.978 bits per heavy atom. The molecule has 0 atom stereocenters. The largest absolute Gasteiger partial charge is 0.465 e. The summed E-state index contributed by atoms with van der Waals surface area (Å²) in [6.45, 7) is 4.33. The van der Waals surface area contributed by atoms with Crippen molar-refractivity contribution in [3.8, 4) is 0 Å². The minimum atomic E-state index is -0.380. The second-order valence-corrected chi connectivity index (χ2v) is 13.8. The number of carbonyl (C=O) groups excluding carboxylic acids is 2. The number of esters is 2. The summed E-state index contributed by atoms with van der Waals surface area (Å²) in [5.74, 6) is 0.457. The van der Waals surface area contributed by atoms with E-state index in [1.807, 2.05) is 30.3 Å². The lowest BCUT2D eigenvalue weighted by molar-refractivity contribution is -0.142. The molecule has 3 aromatic rings. The summed E-state index contributed by atoms with van der Waals surface area (Å²) in [5, 5.41) is 4.21. The molecular weight excluding hydrogens is 697 g/mol. The second kappa shape index (κ2) is 18.0. The second-order valence-electron chi connectivity index (χ2n) is 10.9. The number of thioether (sulfide) groups is 1. The van der Waals surface area contributed by atoms with Gasteiger partial charge in [0.2, 0.25) is 0 Å². The van der Waals surface area contributed by atoms with E-state index in [1.54, 1.807) is 36.0 Å². The molecule has 3 N–H and O–H groups in total. The zero-order valence-corrected chi connectivity index (χ0v) is 29.4. The number of para-hydroxylation sites is 2. The number of anilines is 3. The van der Waals surface area contributed by atoms with Crippen LogP contribution < -0.4 is 11.1 Å². The first-order valence-corrected chi connectivity index (χ1v) is 18.0. The Bertz CT molecular complexity index is 1430. The van der Waals surface area contributed by atoms with Crippen LogP contribution in [0.4, 0.5) is 17.1 Å². The number of hydrogen-bond acceptors (Lipinski definition) is 8. The summed E-state index contributed by atoms with van der Waals surface area (Å²) >= 11 is 17.7. The van der Waals surface area contributed by atoms with Crippen LogP contribution in [0.25, 0.3) is 0 Å². The molecule has 0 heterocycles. The number of nitrogens with two attached hydrogens (primary N) is 1. The van der Waals surface area contributed by atoms with E-state index in [4.69, 9.17) is 38.4 Å². The topological polar surface area (TPSA) is 93.9 Å². The number of nitrogens with one attached hydrogen (secondary N) is 1. The molecule has 1 fully saturated rings. The van der Waals surface area contributed by atoms with Gasteiger partial charge in [0.25, 0.3) is 0 Å². The normalized spacial score (nSPS) is 13.5. The van der Waals surface area contributed by atoms with E-state index < -0.39 is 0 Å². The number of nitrogens with zero attached hydrogens (tertiary/aromatic N) is 1. The molecule has 0 amide bonds. The Morgan fingerprint density at radius 2 is 1.67 bits per heavy atom. The molecule has 0 radical (unpaired) electrons. The molecule has 0 unspecified atom stereocenters. The van der Waals surface area contributed by atoms with E-state index in [0.29, 0.717) is 55.5 Å². The van der Waals surface area contributed by atoms with Crippen LogP contribution in [0.5, 0.6) is 0 Å². The predicted molar refractivity (Wildman–Crippen MR) is 190 cm³/mol. The summed E-state index contributed by atoms with van der Waals surface area (Å²) in [6, 6.07) is 16.9. The molecule has 0 spiro atoms. The zero-order chi connectivity index (χ0) is 32.2. The zero-order valence-electron chi connectivity index (χ0n) is 25.5. The van der Waals surface area contributed by atoms with Crippen molar-refractivity contribution in [1.82, 2.24) is 4.90 Å². The summed E-state index contributed by atoms with van der Waals surface area (Å²) in [7, 11) is 0. The Kier molecular flexibility index (Phi) is 14.2. The Balaban J connectivity index is 1.18. The number of nitrogen functional groups attached to an aromatic ring is 1. The van der Waals surface area contributed by atoms with E-state index in [-0.39, 0.29) is 31.6 Å². The molecule has 242 valence electrons.